The van der Waals surface area contributed by atoms with E-state index < -0.39 is 0 Å². The van der Waals surface area contributed by atoms with Crippen LogP contribution in [0.1, 0.15) is 18.2 Å². The summed E-state index contributed by atoms with van der Waals surface area (Å²) in [6.45, 7) is 0. The SMILES string of the molecule is Clc1ncc(Cl)c(NC2C3C=CC(C3)C2c2nc3ccccc3[nH]2)n1. The van der Waals surface area contributed by atoms with Crippen LogP contribution in [-0.4, -0.2) is 26.0 Å². The first-order chi connectivity index (χ1) is 12.2. The number of aromatic amines is 1. The van der Waals surface area contributed by atoms with E-state index in [1.165, 1.54) is 6.20 Å². The van der Waals surface area contributed by atoms with Gasteiger partial charge < -0.3 is 10.3 Å². The van der Waals surface area contributed by atoms with Crippen LogP contribution < -0.4 is 5.32 Å². The summed E-state index contributed by atoms with van der Waals surface area (Å²) in [6, 6.07) is 8.27. The number of hydrogen-bond acceptors (Lipinski definition) is 4. The monoisotopic (exact) mass is 371 g/mol. The topological polar surface area (TPSA) is 66.5 Å². The molecule has 4 atom stereocenters. The molecule has 1 saturated carbocycles. The van der Waals surface area contributed by atoms with Crippen molar-refractivity contribution >= 4 is 40.1 Å². The van der Waals surface area contributed by atoms with E-state index in [0.29, 0.717) is 22.7 Å². The van der Waals surface area contributed by atoms with E-state index in [9.17, 15) is 0 Å². The molecule has 7 heteroatoms. The Morgan fingerprint density at radius 3 is 2.80 bits per heavy atom. The molecule has 2 aliphatic rings. The normalized spacial score (nSPS) is 27.3. The standard InChI is InChI=1S/C18H15Cl2N5/c19-11-8-21-18(20)25-16(11)24-15-10-6-5-9(7-10)14(15)17-22-12-3-1-2-4-13(12)23-17/h1-6,8-10,14-15H,7H2,(H,22,23)(H,21,24,25). The fourth-order valence-electron chi connectivity index (χ4n) is 4.13. The van der Waals surface area contributed by atoms with E-state index in [1.54, 1.807) is 0 Å². The maximum Gasteiger partial charge on any atom is 0.224 e. The van der Waals surface area contributed by atoms with Gasteiger partial charge >= 0.3 is 0 Å². The Morgan fingerprint density at radius 2 is 1.92 bits per heavy atom. The van der Waals surface area contributed by atoms with Crippen molar-refractivity contribution in [2.75, 3.05) is 5.32 Å². The van der Waals surface area contributed by atoms with Gasteiger partial charge in [0.05, 0.1) is 17.2 Å². The van der Waals surface area contributed by atoms with E-state index in [0.717, 1.165) is 23.3 Å². The summed E-state index contributed by atoms with van der Waals surface area (Å²) < 4.78 is 0. The maximum atomic E-state index is 6.25. The number of imidazole rings is 1. The molecule has 126 valence electrons. The molecule has 1 fully saturated rings. The molecule has 3 aromatic rings. The maximum absolute atomic E-state index is 6.25. The third-order valence-corrected chi connectivity index (χ3v) is 5.66. The first-order valence-corrected chi connectivity index (χ1v) is 9.02. The van der Waals surface area contributed by atoms with Crippen LogP contribution in [0, 0.1) is 11.8 Å². The lowest BCUT2D eigenvalue weighted by molar-refractivity contribution is 0.512. The lowest BCUT2D eigenvalue weighted by Crippen LogP contribution is -2.32. The lowest BCUT2D eigenvalue weighted by Gasteiger charge is -2.28. The molecule has 0 spiro atoms. The molecule has 1 aromatic carbocycles. The highest BCUT2D eigenvalue weighted by Gasteiger charge is 2.47. The number of fused-ring (bicyclic) bond motifs is 3. The molecule has 4 unspecified atom stereocenters. The summed E-state index contributed by atoms with van der Waals surface area (Å²) in [6.07, 6.45) is 7.21. The smallest absolute Gasteiger partial charge is 0.224 e. The number of aromatic nitrogens is 4. The Morgan fingerprint density at radius 1 is 1.08 bits per heavy atom. The Balaban J connectivity index is 1.53. The van der Waals surface area contributed by atoms with Crippen LogP contribution in [0.4, 0.5) is 5.82 Å². The molecule has 0 aliphatic heterocycles. The number of rotatable bonds is 3. The quantitative estimate of drug-likeness (QED) is 0.527. The van der Waals surface area contributed by atoms with Crippen molar-refractivity contribution in [1.29, 1.82) is 0 Å². The van der Waals surface area contributed by atoms with Gasteiger partial charge in [0, 0.05) is 12.0 Å². The summed E-state index contributed by atoms with van der Waals surface area (Å²) >= 11 is 12.2. The fourth-order valence-corrected chi connectivity index (χ4v) is 4.41. The molecular formula is C18H15Cl2N5. The van der Waals surface area contributed by atoms with E-state index in [1.807, 2.05) is 18.2 Å². The molecule has 0 amide bonds. The Hall–Kier alpha value is -2.11. The number of nitrogens with zero attached hydrogens (tertiary/aromatic N) is 3. The zero-order valence-electron chi connectivity index (χ0n) is 13.2. The average molecular weight is 372 g/mol. The van der Waals surface area contributed by atoms with Crippen LogP contribution >= 0.6 is 23.2 Å². The number of allylic oxidation sites excluding steroid dienone is 1. The van der Waals surface area contributed by atoms with E-state index in [4.69, 9.17) is 28.2 Å². The highest BCUT2D eigenvalue weighted by Crippen LogP contribution is 2.49. The van der Waals surface area contributed by atoms with Crippen LogP contribution in [0.5, 0.6) is 0 Å². The average Bonchev–Trinajstić information content (AvgIpc) is 3.31. The number of nitrogens with one attached hydrogen (secondary N) is 2. The van der Waals surface area contributed by atoms with Crippen molar-refractivity contribution in [3.8, 4) is 0 Å². The molecule has 5 rings (SSSR count). The van der Waals surface area contributed by atoms with Crippen molar-refractivity contribution in [1.82, 2.24) is 19.9 Å². The van der Waals surface area contributed by atoms with Gasteiger partial charge in [-0.15, -0.1) is 0 Å². The van der Waals surface area contributed by atoms with Crippen LogP contribution in [0.15, 0.2) is 42.6 Å². The molecule has 2 heterocycles. The second-order valence-corrected chi connectivity index (χ2v) is 7.36. The van der Waals surface area contributed by atoms with Crippen molar-refractivity contribution in [2.45, 2.75) is 18.4 Å². The van der Waals surface area contributed by atoms with Gasteiger partial charge in [0.2, 0.25) is 5.28 Å². The highest BCUT2D eigenvalue weighted by molar-refractivity contribution is 6.33. The number of benzene rings is 1. The number of H-pyrrole nitrogens is 1. The van der Waals surface area contributed by atoms with Gasteiger partial charge in [-0.3, -0.25) is 0 Å². The Labute approximate surface area is 154 Å². The summed E-state index contributed by atoms with van der Waals surface area (Å²) in [5.41, 5.74) is 2.05. The van der Waals surface area contributed by atoms with Crippen LogP contribution in [0.3, 0.4) is 0 Å². The van der Waals surface area contributed by atoms with Crippen LogP contribution in [0.25, 0.3) is 11.0 Å². The van der Waals surface area contributed by atoms with Crippen molar-refractivity contribution in [3.05, 3.63) is 58.7 Å². The van der Waals surface area contributed by atoms with Gasteiger partial charge in [0.25, 0.3) is 0 Å². The predicted octanol–water partition coefficient (Wildman–Crippen LogP) is 4.43. The zero-order chi connectivity index (χ0) is 17.0. The molecule has 25 heavy (non-hydrogen) atoms. The largest absolute Gasteiger partial charge is 0.365 e. The molecule has 2 aromatic heterocycles. The number of anilines is 1. The highest BCUT2D eigenvalue weighted by atomic mass is 35.5. The Bertz CT molecular complexity index is 950. The summed E-state index contributed by atoms with van der Waals surface area (Å²) in [5.74, 6) is 2.71. The summed E-state index contributed by atoms with van der Waals surface area (Å²) in [4.78, 5) is 16.5. The molecule has 2 bridgehead atoms. The van der Waals surface area contributed by atoms with Crippen LogP contribution in [0.2, 0.25) is 10.3 Å². The van der Waals surface area contributed by atoms with E-state index in [2.05, 4.69) is 38.5 Å². The predicted molar refractivity (Wildman–Crippen MR) is 99.0 cm³/mol. The van der Waals surface area contributed by atoms with Crippen molar-refractivity contribution < 1.29 is 0 Å². The molecule has 2 N–H and O–H groups in total. The van der Waals surface area contributed by atoms with Gasteiger partial charge in [0.15, 0.2) is 0 Å². The first kappa shape index (κ1) is 15.2. The van der Waals surface area contributed by atoms with Crippen molar-refractivity contribution in [2.24, 2.45) is 11.8 Å². The second-order valence-electron chi connectivity index (χ2n) is 6.62. The number of para-hydroxylation sites is 2. The molecular weight excluding hydrogens is 357 g/mol. The van der Waals surface area contributed by atoms with Gasteiger partial charge in [-0.2, -0.15) is 4.98 Å². The molecule has 0 saturated heterocycles. The van der Waals surface area contributed by atoms with Gasteiger partial charge in [-0.1, -0.05) is 35.9 Å². The van der Waals surface area contributed by atoms with Gasteiger partial charge in [-0.25, -0.2) is 9.97 Å². The fraction of sp³-hybridized carbons (Fsp3) is 0.278. The molecule has 0 radical (unpaired) electrons. The third-order valence-electron chi connectivity index (χ3n) is 5.20. The number of hydrogen-bond donors (Lipinski definition) is 2. The minimum atomic E-state index is 0.166. The second kappa shape index (κ2) is 5.71. The van der Waals surface area contributed by atoms with Gasteiger partial charge in [-0.05, 0) is 42.0 Å². The van der Waals surface area contributed by atoms with Gasteiger partial charge in [0.1, 0.15) is 16.7 Å². The third kappa shape index (κ3) is 2.50. The molecule has 2 aliphatic carbocycles. The number of halogens is 2. The summed E-state index contributed by atoms with van der Waals surface area (Å²) in [5, 5.41) is 4.15. The molecule has 5 nitrogen and oxygen atoms in total. The first-order valence-electron chi connectivity index (χ1n) is 8.26. The van der Waals surface area contributed by atoms with Crippen molar-refractivity contribution in [3.63, 3.8) is 0 Å². The van der Waals surface area contributed by atoms with E-state index in [-0.39, 0.29) is 17.2 Å². The zero-order valence-corrected chi connectivity index (χ0v) is 14.7. The minimum Gasteiger partial charge on any atom is -0.365 e. The lowest BCUT2D eigenvalue weighted by atomic mass is 9.88. The summed E-state index contributed by atoms with van der Waals surface area (Å²) in [7, 11) is 0. The minimum absolute atomic E-state index is 0.166. The van der Waals surface area contributed by atoms with E-state index >= 15 is 0 Å². The Kier molecular flexibility index (Phi) is 3.47. The van der Waals surface area contributed by atoms with Crippen LogP contribution in [-0.2, 0) is 0 Å².